The van der Waals surface area contributed by atoms with Crippen LogP contribution in [-0.4, -0.2) is 54.3 Å². The van der Waals surface area contributed by atoms with Gasteiger partial charge in [-0.2, -0.15) is 0 Å². The molecule has 0 radical (unpaired) electrons. The zero-order chi connectivity index (χ0) is 21.6. The first kappa shape index (κ1) is 21.0. The first-order chi connectivity index (χ1) is 14.8. The highest BCUT2D eigenvalue weighted by molar-refractivity contribution is 6.24. The van der Waals surface area contributed by atoms with E-state index in [1.165, 1.54) is 18.6 Å². The topological polar surface area (TPSA) is 52.7 Å². The van der Waals surface area contributed by atoms with Gasteiger partial charge >= 0.3 is 0 Å². The first-order valence-electron chi connectivity index (χ1n) is 11.6. The molecule has 4 bridgehead atoms. The number of piperazine rings is 1. The fourth-order valence-corrected chi connectivity index (χ4v) is 7.60. The number of rotatable bonds is 5. The number of nitrogens with zero attached hydrogens (tertiary/aromatic N) is 2. The highest BCUT2D eigenvalue weighted by Crippen LogP contribution is 2.63. The third-order valence-corrected chi connectivity index (χ3v) is 8.36. The van der Waals surface area contributed by atoms with Gasteiger partial charge in [0.05, 0.1) is 5.41 Å². The molecule has 0 spiro atoms. The van der Waals surface area contributed by atoms with Crippen LogP contribution >= 0.6 is 11.6 Å². The Balaban J connectivity index is 1.09. The number of amides is 2. The maximum absolute atomic E-state index is 13.1. The lowest BCUT2D eigenvalue weighted by Gasteiger charge is -2.59. The molecule has 2 unspecified atom stereocenters. The van der Waals surface area contributed by atoms with Gasteiger partial charge in [0.25, 0.3) is 0 Å². The van der Waals surface area contributed by atoms with E-state index in [0.29, 0.717) is 37.9 Å². The zero-order valence-electron chi connectivity index (χ0n) is 17.9. The Hall–Kier alpha value is -1.82. The van der Waals surface area contributed by atoms with Crippen molar-refractivity contribution in [1.82, 2.24) is 10.2 Å². The lowest BCUT2D eigenvalue weighted by atomic mass is 9.49. The Bertz CT molecular complexity index is 839. The van der Waals surface area contributed by atoms with Gasteiger partial charge in [0, 0.05) is 49.7 Å². The van der Waals surface area contributed by atoms with Gasteiger partial charge in [0.15, 0.2) is 0 Å². The number of carbonyl (C=O) groups excluding carboxylic acids is 2. The molecule has 168 valence electrons. The summed E-state index contributed by atoms with van der Waals surface area (Å²) in [6.07, 6.45) is 6.39. The quantitative estimate of drug-likeness (QED) is 0.702. The van der Waals surface area contributed by atoms with Crippen LogP contribution in [0.5, 0.6) is 0 Å². The van der Waals surface area contributed by atoms with Crippen molar-refractivity contribution in [2.45, 2.75) is 49.8 Å². The van der Waals surface area contributed by atoms with E-state index < -0.39 is 0 Å². The summed E-state index contributed by atoms with van der Waals surface area (Å²) in [6, 6.07) is 6.48. The van der Waals surface area contributed by atoms with Crippen LogP contribution in [0.15, 0.2) is 24.3 Å². The molecule has 31 heavy (non-hydrogen) atoms. The number of anilines is 1. The minimum atomic E-state index is -0.310. The fourth-order valence-electron chi connectivity index (χ4n) is 6.91. The molecular formula is C24H31ClFN3O2. The van der Waals surface area contributed by atoms with Gasteiger partial charge in [-0.25, -0.2) is 4.39 Å². The number of alkyl halides is 1. The number of hydrogen-bond donors (Lipinski definition) is 1. The SMILES string of the molecule is O=C(CCNC(=O)C12CC3CC(CC(Cl)(C3)C1)C2)N1CCN(c2ccc(F)cc2)CC1. The summed E-state index contributed by atoms with van der Waals surface area (Å²) in [5.74, 6) is 1.13. The molecule has 1 heterocycles. The third kappa shape index (κ3) is 4.15. The highest BCUT2D eigenvalue weighted by atomic mass is 35.5. The zero-order valence-corrected chi connectivity index (χ0v) is 18.7. The van der Waals surface area contributed by atoms with Crippen LogP contribution in [0.3, 0.4) is 0 Å². The number of nitrogens with one attached hydrogen (secondary N) is 1. The average molecular weight is 448 g/mol. The maximum atomic E-state index is 13.1. The average Bonchev–Trinajstić information content (AvgIpc) is 2.72. The molecule has 5 nitrogen and oxygen atoms in total. The van der Waals surface area contributed by atoms with Crippen molar-refractivity contribution in [3.05, 3.63) is 30.1 Å². The van der Waals surface area contributed by atoms with Gasteiger partial charge in [0.2, 0.25) is 11.8 Å². The molecular weight excluding hydrogens is 417 g/mol. The van der Waals surface area contributed by atoms with E-state index in [4.69, 9.17) is 11.6 Å². The van der Waals surface area contributed by atoms with E-state index in [1.54, 1.807) is 12.1 Å². The monoisotopic (exact) mass is 447 g/mol. The summed E-state index contributed by atoms with van der Waals surface area (Å²) in [4.78, 5) is 29.6. The van der Waals surface area contributed by atoms with Crippen LogP contribution in [-0.2, 0) is 9.59 Å². The van der Waals surface area contributed by atoms with Gasteiger partial charge in [0.1, 0.15) is 5.82 Å². The second kappa shape index (κ2) is 7.95. The van der Waals surface area contributed by atoms with Crippen molar-refractivity contribution in [3.63, 3.8) is 0 Å². The predicted molar refractivity (Wildman–Crippen MR) is 119 cm³/mol. The fraction of sp³-hybridized carbons (Fsp3) is 0.667. The van der Waals surface area contributed by atoms with Crippen LogP contribution < -0.4 is 10.2 Å². The van der Waals surface area contributed by atoms with Crippen LogP contribution in [0.2, 0.25) is 0 Å². The molecule has 7 heteroatoms. The van der Waals surface area contributed by atoms with E-state index in [0.717, 1.165) is 50.9 Å². The van der Waals surface area contributed by atoms with Crippen LogP contribution in [0.4, 0.5) is 10.1 Å². The summed E-state index contributed by atoms with van der Waals surface area (Å²) in [6.45, 7) is 3.14. The van der Waals surface area contributed by atoms with Gasteiger partial charge in [-0.1, -0.05) is 0 Å². The molecule has 4 saturated carbocycles. The highest BCUT2D eigenvalue weighted by Gasteiger charge is 2.59. The Labute approximate surface area is 188 Å². The predicted octanol–water partition coefficient (Wildman–Crippen LogP) is 3.56. The van der Waals surface area contributed by atoms with Crippen molar-refractivity contribution < 1.29 is 14.0 Å². The van der Waals surface area contributed by atoms with Crippen LogP contribution in [0, 0.1) is 23.1 Å². The molecule has 6 rings (SSSR count). The number of carbonyl (C=O) groups is 2. The molecule has 1 aliphatic heterocycles. The lowest BCUT2D eigenvalue weighted by Crippen LogP contribution is -2.58. The molecule has 2 amide bonds. The molecule has 0 aromatic heterocycles. The Morgan fingerprint density at radius 1 is 1.03 bits per heavy atom. The molecule has 1 saturated heterocycles. The smallest absolute Gasteiger partial charge is 0.226 e. The van der Waals surface area contributed by atoms with E-state index in [9.17, 15) is 14.0 Å². The minimum Gasteiger partial charge on any atom is -0.368 e. The Morgan fingerprint density at radius 3 is 2.29 bits per heavy atom. The van der Waals surface area contributed by atoms with Gasteiger partial charge < -0.3 is 15.1 Å². The van der Waals surface area contributed by atoms with Crippen molar-refractivity contribution in [2.75, 3.05) is 37.6 Å². The minimum absolute atomic E-state index is 0.0818. The van der Waals surface area contributed by atoms with Crippen molar-refractivity contribution in [3.8, 4) is 0 Å². The molecule has 5 fully saturated rings. The van der Waals surface area contributed by atoms with Gasteiger partial charge in [-0.3, -0.25) is 9.59 Å². The number of hydrogen-bond acceptors (Lipinski definition) is 3. The van der Waals surface area contributed by atoms with Crippen molar-refractivity contribution in [2.24, 2.45) is 17.3 Å². The lowest BCUT2D eigenvalue weighted by molar-refractivity contribution is -0.144. The Kier molecular flexibility index (Phi) is 5.40. The van der Waals surface area contributed by atoms with Crippen LogP contribution in [0.1, 0.15) is 44.9 Å². The van der Waals surface area contributed by atoms with E-state index in [2.05, 4.69) is 10.2 Å². The molecule has 2 atom stereocenters. The summed E-state index contributed by atoms with van der Waals surface area (Å²) in [7, 11) is 0. The summed E-state index contributed by atoms with van der Waals surface area (Å²) >= 11 is 6.85. The van der Waals surface area contributed by atoms with Gasteiger partial charge in [-0.15, -0.1) is 11.6 Å². The molecule has 1 aromatic carbocycles. The summed E-state index contributed by atoms with van der Waals surface area (Å²) in [5, 5.41) is 3.08. The second-order valence-electron chi connectivity index (χ2n) is 10.2. The largest absolute Gasteiger partial charge is 0.368 e. The molecule has 1 aromatic rings. The van der Waals surface area contributed by atoms with Gasteiger partial charge in [-0.05, 0) is 74.6 Å². The summed E-state index contributed by atoms with van der Waals surface area (Å²) < 4.78 is 13.1. The third-order valence-electron chi connectivity index (χ3n) is 7.92. The second-order valence-corrected chi connectivity index (χ2v) is 11.0. The van der Waals surface area contributed by atoms with Crippen molar-refractivity contribution in [1.29, 1.82) is 0 Å². The van der Waals surface area contributed by atoms with Crippen molar-refractivity contribution >= 4 is 29.1 Å². The first-order valence-corrected chi connectivity index (χ1v) is 12.0. The van der Waals surface area contributed by atoms with E-state index in [-0.39, 0.29) is 27.9 Å². The molecule has 5 aliphatic rings. The molecule has 4 aliphatic carbocycles. The van der Waals surface area contributed by atoms with Crippen LogP contribution in [0.25, 0.3) is 0 Å². The standard InChI is InChI=1S/C24H31ClFN3O2/c25-24-14-17-11-18(15-24)13-23(12-17,16-24)22(31)27-6-5-21(30)29-9-7-28(8-10-29)20-3-1-19(26)2-4-20/h1-4,17-18H,5-16H2,(H,27,31). The maximum Gasteiger partial charge on any atom is 0.226 e. The molecule has 1 N–H and O–H groups in total. The Morgan fingerprint density at radius 2 is 1.68 bits per heavy atom. The normalized spacial score (nSPS) is 34.1. The number of benzene rings is 1. The number of halogens is 2. The van der Waals surface area contributed by atoms with E-state index >= 15 is 0 Å². The van der Waals surface area contributed by atoms with E-state index in [1.807, 2.05) is 4.90 Å². The summed E-state index contributed by atoms with van der Waals surface area (Å²) in [5.41, 5.74) is 0.670.